The van der Waals surface area contributed by atoms with E-state index in [4.69, 9.17) is 4.74 Å². The maximum Gasteiger partial charge on any atom is 0.275 e. The second-order valence-corrected chi connectivity index (χ2v) is 5.62. The van der Waals surface area contributed by atoms with Gasteiger partial charge in [-0.2, -0.15) is 5.10 Å². The van der Waals surface area contributed by atoms with E-state index in [2.05, 4.69) is 21.7 Å². The lowest BCUT2D eigenvalue weighted by molar-refractivity contribution is 0.0952. The molecular formula is C20H19N3O3. The number of phenols is 1. The van der Waals surface area contributed by atoms with Crippen LogP contribution in [0, 0.1) is 0 Å². The van der Waals surface area contributed by atoms with Crippen LogP contribution in [0.25, 0.3) is 10.9 Å². The molecule has 0 bridgehead atoms. The van der Waals surface area contributed by atoms with Crippen LogP contribution in [-0.4, -0.2) is 28.9 Å². The van der Waals surface area contributed by atoms with Gasteiger partial charge in [0.1, 0.15) is 11.5 Å². The molecule has 1 heterocycles. The van der Waals surface area contributed by atoms with E-state index in [1.54, 1.807) is 12.3 Å². The summed E-state index contributed by atoms with van der Waals surface area (Å²) in [6.45, 7) is 4.45. The molecule has 26 heavy (non-hydrogen) atoms. The summed E-state index contributed by atoms with van der Waals surface area (Å²) < 4.78 is 7.06. The van der Waals surface area contributed by atoms with E-state index in [1.165, 1.54) is 19.2 Å². The summed E-state index contributed by atoms with van der Waals surface area (Å²) in [6.07, 6.45) is 5.36. The molecule has 6 nitrogen and oxygen atoms in total. The molecule has 0 aliphatic carbocycles. The Hall–Kier alpha value is -3.54. The maximum atomic E-state index is 12.2. The van der Waals surface area contributed by atoms with E-state index >= 15 is 0 Å². The van der Waals surface area contributed by atoms with E-state index in [0.29, 0.717) is 12.3 Å². The van der Waals surface area contributed by atoms with Crippen molar-refractivity contribution < 1.29 is 14.6 Å². The van der Waals surface area contributed by atoms with Crippen LogP contribution in [0.3, 0.4) is 0 Å². The van der Waals surface area contributed by atoms with Crippen LogP contribution < -0.4 is 10.2 Å². The molecule has 0 radical (unpaired) electrons. The number of ether oxygens (including phenoxy) is 1. The molecule has 3 rings (SSSR count). The third-order valence-corrected chi connectivity index (χ3v) is 3.96. The summed E-state index contributed by atoms with van der Waals surface area (Å²) in [5.41, 5.74) is 4.49. The molecule has 1 amide bonds. The number of hydrogen-bond donors (Lipinski definition) is 2. The van der Waals surface area contributed by atoms with Crippen LogP contribution in [0.15, 0.2) is 66.4 Å². The Balaban J connectivity index is 1.79. The number of carbonyl (C=O) groups is 1. The van der Waals surface area contributed by atoms with Crippen LogP contribution >= 0.6 is 0 Å². The summed E-state index contributed by atoms with van der Waals surface area (Å²) in [5.74, 6) is -0.201. The highest BCUT2D eigenvalue weighted by Crippen LogP contribution is 2.23. The number of phenolic OH excluding ortho intramolecular Hbond substituents is 1. The average molecular weight is 349 g/mol. The van der Waals surface area contributed by atoms with Crippen molar-refractivity contribution in [1.29, 1.82) is 0 Å². The number of amides is 1. The molecule has 2 N–H and O–H groups in total. The highest BCUT2D eigenvalue weighted by atomic mass is 16.5. The van der Waals surface area contributed by atoms with Crippen LogP contribution in [0.4, 0.5) is 0 Å². The van der Waals surface area contributed by atoms with Gasteiger partial charge in [0.2, 0.25) is 0 Å². The molecule has 2 aromatic carbocycles. The molecule has 3 aromatic rings. The zero-order chi connectivity index (χ0) is 18.5. The molecule has 0 unspecified atom stereocenters. The smallest absolute Gasteiger partial charge is 0.275 e. The minimum absolute atomic E-state index is 0.122. The van der Waals surface area contributed by atoms with Crippen LogP contribution in [0.5, 0.6) is 11.5 Å². The van der Waals surface area contributed by atoms with E-state index in [1.807, 2.05) is 36.5 Å². The van der Waals surface area contributed by atoms with Crippen LogP contribution in [0.1, 0.15) is 15.9 Å². The average Bonchev–Trinajstić information content (AvgIpc) is 3.00. The molecule has 0 spiro atoms. The van der Waals surface area contributed by atoms with Crippen molar-refractivity contribution >= 4 is 23.0 Å². The first-order chi connectivity index (χ1) is 12.6. The molecular weight excluding hydrogens is 330 g/mol. The highest BCUT2D eigenvalue weighted by molar-refractivity contribution is 6.01. The second kappa shape index (κ2) is 7.57. The van der Waals surface area contributed by atoms with E-state index in [9.17, 15) is 9.90 Å². The van der Waals surface area contributed by atoms with Crippen molar-refractivity contribution in [2.24, 2.45) is 5.10 Å². The van der Waals surface area contributed by atoms with Gasteiger partial charge < -0.3 is 14.4 Å². The lowest BCUT2D eigenvalue weighted by Crippen LogP contribution is -2.17. The third kappa shape index (κ3) is 3.44. The number of aromatic nitrogens is 1. The van der Waals surface area contributed by atoms with Crippen LogP contribution in [-0.2, 0) is 6.54 Å². The molecule has 132 valence electrons. The van der Waals surface area contributed by atoms with Gasteiger partial charge in [-0.15, -0.1) is 6.58 Å². The lowest BCUT2D eigenvalue weighted by Gasteiger charge is -2.05. The summed E-state index contributed by atoms with van der Waals surface area (Å²) in [7, 11) is 1.49. The van der Waals surface area contributed by atoms with Gasteiger partial charge >= 0.3 is 0 Å². The number of para-hydroxylation sites is 1. The Morgan fingerprint density at radius 2 is 2.15 bits per heavy atom. The first-order valence-electron chi connectivity index (χ1n) is 8.03. The first-order valence-corrected chi connectivity index (χ1v) is 8.03. The molecule has 0 saturated carbocycles. The number of rotatable bonds is 6. The second-order valence-electron chi connectivity index (χ2n) is 5.62. The molecule has 6 heteroatoms. The van der Waals surface area contributed by atoms with Gasteiger partial charge in [0, 0.05) is 35.3 Å². The Morgan fingerprint density at radius 1 is 1.35 bits per heavy atom. The fourth-order valence-corrected chi connectivity index (χ4v) is 2.72. The number of methoxy groups -OCH3 is 1. The fourth-order valence-electron chi connectivity index (χ4n) is 2.72. The number of fused-ring (bicyclic) bond motifs is 1. The van der Waals surface area contributed by atoms with Gasteiger partial charge in [-0.05, 0) is 18.2 Å². The number of nitrogens with zero attached hydrogens (tertiary/aromatic N) is 2. The van der Waals surface area contributed by atoms with E-state index in [-0.39, 0.29) is 11.3 Å². The Labute approximate surface area is 151 Å². The van der Waals surface area contributed by atoms with Crippen LogP contribution in [0.2, 0.25) is 0 Å². The van der Waals surface area contributed by atoms with Crippen molar-refractivity contribution in [3.8, 4) is 11.5 Å². The van der Waals surface area contributed by atoms with Gasteiger partial charge in [-0.3, -0.25) is 4.79 Å². The van der Waals surface area contributed by atoms with Crippen molar-refractivity contribution in [1.82, 2.24) is 9.99 Å². The van der Waals surface area contributed by atoms with Gasteiger partial charge in [0.05, 0.1) is 18.9 Å². The van der Waals surface area contributed by atoms with Crippen molar-refractivity contribution in [2.75, 3.05) is 7.11 Å². The van der Waals surface area contributed by atoms with Gasteiger partial charge in [-0.1, -0.05) is 24.3 Å². The molecule has 0 saturated heterocycles. The Morgan fingerprint density at radius 3 is 2.88 bits per heavy atom. The standard InChI is InChI=1S/C20H19N3O3/c1-3-10-23-13-14(16-6-4-5-7-18(16)23)12-21-22-20(25)17-9-8-15(26-2)11-19(17)24/h3-9,11-13,24H,1,10H2,2H3,(H,22,25)/b21-12-. The summed E-state index contributed by atoms with van der Waals surface area (Å²) in [6, 6.07) is 12.4. The summed E-state index contributed by atoms with van der Waals surface area (Å²) in [5, 5.41) is 15.0. The summed E-state index contributed by atoms with van der Waals surface area (Å²) >= 11 is 0. The van der Waals surface area contributed by atoms with Gasteiger partial charge in [0.25, 0.3) is 5.91 Å². The minimum atomic E-state index is -0.503. The van der Waals surface area contributed by atoms with Gasteiger partial charge in [0.15, 0.2) is 0 Å². The number of aromatic hydroxyl groups is 1. The van der Waals surface area contributed by atoms with E-state index < -0.39 is 5.91 Å². The number of allylic oxidation sites excluding steroid dienone is 1. The molecule has 0 fully saturated rings. The predicted octanol–water partition coefficient (Wildman–Crippen LogP) is 3.31. The van der Waals surface area contributed by atoms with Crippen molar-refractivity contribution in [3.05, 3.63) is 72.4 Å². The normalized spacial score (nSPS) is 11.0. The highest BCUT2D eigenvalue weighted by Gasteiger charge is 2.11. The molecule has 0 atom stereocenters. The molecule has 0 aliphatic heterocycles. The number of carbonyl (C=O) groups excluding carboxylic acids is 1. The fraction of sp³-hybridized carbons (Fsp3) is 0.100. The van der Waals surface area contributed by atoms with Gasteiger partial charge in [-0.25, -0.2) is 5.43 Å². The third-order valence-electron chi connectivity index (χ3n) is 3.96. The SMILES string of the molecule is C=CCn1cc(/C=N\NC(=O)c2ccc(OC)cc2O)c2ccccc21. The van der Waals surface area contributed by atoms with Crippen molar-refractivity contribution in [3.63, 3.8) is 0 Å². The Bertz CT molecular complexity index is 989. The number of nitrogens with one attached hydrogen (secondary N) is 1. The number of benzene rings is 2. The minimum Gasteiger partial charge on any atom is -0.507 e. The number of hydrogen-bond acceptors (Lipinski definition) is 4. The zero-order valence-corrected chi connectivity index (χ0v) is 14.3. The monoisotopic (exact) mass is 349 g/mol. The topological polar surface area (TPSA) is 75.9 Å². The quantitative estimate of drug-likeness (QED) is 0.407. The maximum absolute atomic E-state index is 12.2. The predicted molar refractivity (Wildman–Crippen MR) is 102 cm³/mol. The number of hydrazone groups is 1. The molecule has 0 aliphatic rings. The largest absolute Gasteiger partial charge is 0.507 e. The van der Waals surface area contributed by atoms with Crippen molar-refractivity contribution in [2.45, 2.75) is 6.54 Å². The molecule has 1 aromatic heterocycles. The lowest BCUT2D eigenvalue weighted by atomic mass is 10.2. The zero-order valence-electron chi connectivity index (χ0n) is 14.3. The first kappa shape index (κ1) is 17.3. The summed E-state index contributed by atoms with van der Waals surface area (Å²) in [4.78, 5) is 12.2. The Kier molecular flexibility index (Phi) is 5.03. The van der Waals surface area contributed by atoms with E-state index in [0.717, 1.165) is 16.5 Å².